The van der Waals surface area contributed by atoms with Crippen molar-refractivity contribution in [3.8, 4) is 0 Å². The molecular weight excluding hydrogens is 240 g/mol. The van der Waals surface area contributed by atoms with E-state index in [9.17, 15) is 10.1 Å². The molecule has 0 spiro atoms. The Bertz CT molecular complexity index is 407. The minimum absolute atomic E-state index is 0.110. The number of non-ortho nitro benzene ring substituents is 1. The van der Waals surface area contributed by atoms with E-state index in [1.54, 1.807) is 11.0 Å². The number of nitrogens with one attached hydrogen (secondary N) is 1. The van der Waals surface area contributed by atoms with Gasteiger partial charge in [-0.3, -0.25) is 16.0 Å². The highest BCUT2D eigenvalue weighted by molar-refractivity contribution is 5.64. The number of rotatable bonds is 7. The number of nitrogens with two attached hydrogens (primary N) is 1. The molecule has 0 aliphatic rings. The average Bonchev–Trinajstić information content (AvgIpc) is 2.37. The van der Waals surface area contributed by atoms with Crippen LogP contribution in [0.4, 0.5) is 17.1 Å². The van der Waals surface area contributed by atoms with E-state index in [0.717, 1.165) is 0 Å². The van der Waals surface area contributed by atoms with Gasteiger partial charge in [-0.15, -0.1) is 0 Å². The lowest BCUT2D eigenvalue weighted by Gasteiger charge is -2.23. The van der Waals surface area contributed by atoms with Gasteiger partial charge in [0.1, 0.15) is 0 Å². The van der Waals surface area contributed by atoms with Gasteiger partial charge in [-0.1, -0.05) is 0 Å². The second-order valence-corrected chi connectivity index (χ2v) is 3.57. The zero-order valence-corrected chi connectivity index (χ0v) is 9.74. The van der Waals surface area contributed by atoms with Crippen LogP contribution in [-0.4, -0.2) is 41.4 Å². The second-order valence-electron chi connectivity index (χ2n) is 3.57. The first-order chi connectivity index (χ1) is 8.62. The summed E-state index contributed by atoms with van der Waals surface area (Å²) in [5.41, 5.74) is 3.14. The van der Waals surface area contributed by atoms with Crippen LogP contribution in [0.3, 0.4) is 0 Å². The van der Waals surface area contributed by atoms with Gasteiger partial charge in [-0.05, 0) is 6.07 Å². The fourth-order valence-electron chi connectivity index (χ4n) is 1.58. The van der Waals surface area contributed by atoms with E-state index in [0.29, 0.717) is 11.4 Å². The Morgan fingerprint density at radius 2 is 1.89 bits per heavy atom. The smallest absolute Gasteiger partial charge is 0.273 e. The maximum atomic E-state index is 10.8. The quantitative estimate of drug-likeness (QED) is 0.299. The number of nitro benzene ring substituents is 1. The van der Waals surface area contributed by atoms with Gasteiger partial charge in [-0.25, -0.2) is 0 Å². The maximum absolute atomic E-state index is 10.8. The van der Waals surface area contributed by atoms with Gasteiger partial charge in [0.25, 0.3) is 5.69 Å². The highest BCUT2D eigenvalue weighted by Gasteiger charge is 2.13. The minimum Gasteiger partial charge on any atom is -0.395 e. The number of benzene rings is 1. The molecule has 0 aliphatic carbocycles. The molecule has 0 aliphatic heterocycles. The van der Waals surface area contributed by atoms with Gasteiger partial charge in [-0.2, -0.15) is 0 Å². The third-order valence-electron chi connectivity index (χ3n) is 2.39. The SMILES string of the molecule is NNc1cc(N(CCO)CCO)cc([N+](=O)[O-])c1. The molecule has 18 heavy (non-hydrogen) atoms. The molecule has 1 rings (SSSR count). The van der Waals surface area contributed by atoms with Gasteiger partial charge < -0.3 is 20.5 Å². The van der Waals surface area contributed by atoms with Crippen molar-refractivity contribution in [1.29, 1.82) is 0 Å². The summed E-state index contributed by atoms with van der Waals surface area (Å²) in [6.07, 6.45) is 0. The molecule has 0 aromatic heterocycles. The number of nitro groups is 1. The Kier molecular flexibility index (Phi) is 5.31. The van der Waals surface area contributed by atoms with E-state index >= 15 is 0 Å². The summed E-state index contributed by atoms with van der Waals surface area (Å²) in [6, 6.07) is 4.28. The Balaban J connectivity index is 3.11. The van der Waals surface area contributed by atoms with Crippen molar-refractivity contribution in [2.24, 2.45) is 5.84 Å². The van der Waals surface area contributed by atoms with E-state index in [1.165, 1.54) is 12.1 Å². The lowest BCUT2D eigenvalue weighted by molar-refractivity contribution is -0.384. The second kappa shape index (κ2) is 6.74. The van der Waals surface area contributed by atoms with E-state index in [1.807, 2.05) is 0 Å². The van der Waals surface area contributed by atoms with Crippen molar-refractivity contribution >= 4 is 17.1 Å². The number of aliphatic hydroxyl groups is 2. The predicted octanol–water partition coefficient (Wildman–Crippen LogP) is -0.329. The molecule has 1 aromatic carbocycles. The minimum atomic E-state index is -0.527. The monoisotopic (exact) mass is 256 g/mol. The molecule has 0 fully saturated rings. The lowest BCUT2D eigenvalue weighted by atomic mass is 10.2. The average molecular weight is 256 g/mol. The van der Waals surface area contributed by atoms with Gasteiger partial charge >= 0.3 is 0 Å². The number of hydrogen-bond acceptors (Lipinski definition) is 7. The summed E-state index contributed by atoms with van der Waals surface area (Å²) >= 11 is 0. The highest BCUT2D eigenvalue weighted by Crippen LogP contribution is 2.26. The summed E-state index contributed by atoms with van der Waals surface area (Å²) in [6.45, 7) is 0.305. The van der Waals surface area contributed by atoms with Crippen LogP contribution in [0.5, 0.6) is 0 Å². The van der Waals surface area contributed by atoms with Crippen molar-refractivity contribution in [3.05, 3.63) is 28.3 Å². The van der Waals surface area contributed by atoms with Crippen LogP contribution >= 0.6 is 0 Å². The molecule has 8 heteroatoms. The van der Waals surface area contributed by atoms with Crippen LogP contribution in [0, 0.1) is 10.1 Å². The maximum Gasteiger partial charge on any atom is 0.273 e. The largest absolute Gasteiger partial charge is 0.395 e. The molecule has 8 nitrogen and oxygen atoms in total. The summed E-state index contributed by atoms with van der Waals surface area (Å²) in [5, 5.41) is 28.6. The van der Waals surface area contributed by atoms with Gasteiger partial charge in [0, 0.05) is 30.9 Å². The molecule has 0 radical (unpaired) electrons. The molecule has 0 amide bonds. The molecule has 100 valence electrons. The first-order valence-electron chi connectivity index (χ1n) is 5.35. The normalized spacial score (nSPS) is 10.2. The summed E-state index contributed by atoms with van der Waals surface area (Å²) in [7, 11) is 0. The predicted molar refractivity (Wildman–Crippen MR) is 67.3 cm³/mol. The van der Waals surface area contributed by atoms with Crippen molar-refractivity contribution in [1.82, 2.24) is 0 Å². The Hall–Kier alpha value is -1.90. The number of hydrazine groups is 1. The Morgan fingerprint density at radius 1 is 1.28 bits per heavy atom. The van der Waals surface area contributed by atoms with Gasteiger partial charge in [0.05, 0.1) is 23.8 Å². The number of nitrogens with zero attached hydrogens (tertiary/aromatic N) is 2. The van der Waals surface area contributed by atoms with Crippen LogP contribution < -0.4 is 16.2 Å². The number of nitrogen functional groups attached to an aromatic ring is 1. The molecule has 0 heterocycles. The molecule has 0 atom stereocenters. The standard InChI is InChI=1S/C10H16N4O4/c11-12-8-5-9(7-10(6-8)14(17)18)13(1-3-15)2-4-16/h5-7,12,15-16H,1-4,11H2. The summed E-state index contributed by atoms with van der Waals surface area (Å²) in [5.74, 6) is 5.25. The third-order valence-corrected chi connectivity index (χ3v) is 2.39. The summed E-state index contributed by atoms with van der Waals surface area (Å²) in [4.78, 5) is 11.9. The van der Waals surface area contributed by atoms with Crippen LogP contribution in [0.15, 0.2) is 18.2 Å². The van der Waals surface area contributed by atoms with Crippen molar-refractivity contribution < 1.29 is 15.1 Å². The topological polar surface area (TPSA) is 125 Å². The van der Waals surface area contributed by atoms with Crippen LogP contribution in [0.25, 0.3) is 0 Å². The van der Waals surface area contributed by atoms with E-state index in [2.05, 4.69) is 5.43 Å². The van der Waals surface area contributed by atoms with Crippen molar-refractivity contribution in [2.75, 3.05) is 36.6 Å². The lowest BCUT2D eigenvalue weighted by Crippen LogP contribution is -2.29. The molecule has 0 bridgehead atoms. The first kappa shape index (κ1) is 14.2. The zero-order chi connectivity index (χ0) is 13.5. The fourth-order valence-corrected chi connectivity index (χ4v) is 1.58. The Labute approximate surface area is 104 Å². The van der Waals surface area contributed by atoms with E-state index in [4.69, 9.17) is 16.1 Å². The number of hydrogen-bond donors (Lipinski definition) is 4. The first-order valence-corrected chi connectivity index (χ1v) is 5.35. The van der Waals surface area contributed by atoms with Gasteiger partial charge in [0.2, 0.25) is 0 Å². The van der Waals surface area contributed by atoms with Crippen LogP contribution in [-0.2, 0) is 0 Å². The number of aliphatic hydroxyl groups excluding tert-OH is 2. The van der Waals surface area contributed by atoms with Crippen molar-refractivity contribution in [3.63, 3.8) is 0 Å². The zero-order valence-electron chi connectivity index (χ0n) is 9.74. The molecule has 1 aromatic rings. The number of anilines is 2. The molecular formula is C10H16N4O4. The van der Waals surface area contributed by atoms with Crippen LogP contribution in [0.2, 0.25) is 0 Å². The Morgan fingerprint density at radius 3 is 2.33 bits per heavy atom. The molecule has 0 unspecified atom stereocenters. The summed E-state index contributed by atoms with van der Waals surface area (Å²) < 4.78 is 0. The van der Waals surface area contributed by atoms with E-state index in [-0.39, 0.29) is 32.0 Å². The molecule has 0 saturated heterocycles. The molecule has 5 N–H and O–H groups in total. The molecule has 0 saturated carbocycles. The van der Waals surface area contributed by atoms with Crippen molar-refractivity contribution in [2.45, 2.75) is 0 Å². The van der Waals surface area contributed by atoms with Gasteiger partial charge in [0.15, 0.2) is 0 Å². The van der Waals surface area contributed by atoms with E-state index < -0.39 is 4.92 Å². The van der Waals surface area contributed by atoms with Crippen LogP contribution in [0.1, 0.15) is 0 Å². The highest BCUT2D eigenvalue weighted by atomic mass is 16.6. The fraction of sp³-hybridized carbons (Fsp3) is 0.400. The third kappa shape index (κ3) is 3.55.